The predicted octanol–water partition coefficient (Wildman–Crippen LogP) is 3.34. The summed E-state index contributed by atoms with van der Waals surface area (Å²) in [6.07, 6.45) is 5.80. The molecule has 0 unspecified atom stereocenters. The van der Waals surface area contributed by atoms with Gasteiger partial charge < -0.3 is 14.7 Å². The lowest BCUT2D eigenvalue weighted by Gasteiger charge is -2.44. The summed E-state index contributed by atoms with van der Waals surface area (Å²) < 4.78 is 5.41. The van der Waals surface area contributed by atoms with Gasteiger partial charge in [0.15, 0.2) is 0 Å². The van der Waals surface area contributed by atoms with Gasteiger partial charge in [-0.15, -0.1) is 0 Å². The van der Waals surface area contributed by atoms with Gasteiger partial charge in [0.25, 0.3) is 0 Å². The van der Waals surface area contributed by atoms with Crippen LogP contribution < -0.4 is 0 Å². The van der Waals surface area contributed by atoms with E-state index in [0.29, 0.717) is 12.0 Å². The predicted molar refractivity (Wildman–Crippen MR) is 84.3 cm³/mol. The molecule has 0 bridgehead atoms. The van der Waals surface area contributed by atoms with Gasteiger partial charge in [0.1, 0.15) is 6.61 Å². The van der Waals surface area contributed by atoms with E-state index in [1.807, 2.05) is 35.2 Å². The van der Waals surface area contributed by atoms with Gasteiger partial charge in [0.2, 0.25) is 0 Å². The fourth-order valence-corrected chi connectivity index (χ4v) is 3.69. The third-order valence-corrected chi connectivity index (χ3v) is 5.30. The largest absolute Gasteiger partial charge is 0.445 e. The summed E-state index contributed by atoms with van der Waals surface area (Å²) in [5.74, 6) is 0. The highest BCUT2D eigenvalue weighted by Crippen LogP contribution is 2.44. The normalized spacial score (nSPS) is 21.8. The number of rotatable bonds is 2. The zero-order valence-electron chi connectivity index (χ0n) is 13.0. The first kappa shape index (κ1) is 15.3. The van der Waals surface area contributed by atoms with Crippen molar-refractivity contribution in [1.29, 1.82) is 0 Å². The summed E-state index contributed by atoms with van der Waals surface area (Å²) in [6, 6.07) is 9.78. The maximum atomic E-state index is 12.2. The van der Waals surface area contributed by atoms with Gasteiger partial charge in [-0.05, 0) is 49.5 Å². The van der Waals surface area contributed by atoms with Gasteiger partial charge in [-0.2, -0.15) is 0 Å². The number of hydrogen-bond donors (Lipinski definition) is 1. The van der Waals surface area contributed by atoms with Gasteiger partial charge >= 0.3 is 6.09 Å². The van der Waals surface area contributed by atoms with Crippen molar-refractivity contribution in [3.63, 3.8) is 0 Å². The lowest BCUT2D eigenvalue weighted by atomic mass is 9.67. The molecule has 0 atom stereocenters. The Morgan fingerprint density at radius 2 is 1.77 bits per heavy atom. The molecule has 2 aliphatic rings. The fourth-order valence-electron chi connectivity index (χ4n) is 3.69. The van der Waals surface area contributed by atoms with Gasteiger partial charge in [0.05, 0.1) is 6.10 Å². The lowest BCUT2D eigenvalue weighted by molar-refractivity contribution is 0.0129. The lowest BCUT2D eigenvalue weighted by Crippen LogP contribution is -2.45. The van der Waals surface area contributed by atoms with Crippen LogP contribution in [0.4, 0.5) is 4.79 Å². The third kappa shape index (κ3) is 3.61. The Morgan fingerprint density at radius 1 is 1.14 bits per heavy atom. The number of hydrogen-bond acceptors (Lipinski definition) is 3. The van der Waals surface area contributed by atoms with E-state index in [1.165, 1.54) is 0 Å². The highest BCUT2D eigenvalue weighted by molar-refractivity contribution is 5.67. The smallest absolute Gasteiger partial charge is 0.410 e. The molecule has 1 amide bonds. The number of ether oxygens (including phenoxy) is 1. The van der Waals surface area contributed by atoms with Crippen molar-refractivity contribution in [2.45, 2.75) is 51.2 Å². The first-order valence-corrected chi connectivity index (χ1v) is 8.31. The fraction of sp³-hybridized carbons (Fsp3) is 0.611. The van der Waals surface area contributed by atoms with Crippen LogP contribution in [0.1, 0.15) is 44.1 Å². The van der Waals surface area contributed by atoms with Crippen LogP contribution in [0.3, 0.4) is 0 Å². The topological polar surface area (TPSA) is 49.8 Å². The molecule has 1 heterocycles. The number of nitrogens with zero attached hydrogens (tertiary/aromatic N) is 1. The van der Waals surface area contributed by atoms with Crippen molar-refractivity contribution < 1.29 is 14.6 Å². The van der Waals surface area contributed by atoms with E-state index in [-0.39, 0.29) is 12.2 Å². The van der Waals surface area contributed by atoms with Crippen LogP contribution in [-0.4, -0.2) is 35.3 Å². The molecule has 1 saturated carbocycles. The monoisotopic (exact) mass is 303 g/mol. The number of piperidine rings is 1. The SMILES string of the molecule is O=C(OCc1ccccc1)N1CCC2(CCC(O)CC2)CC1. The van der Waals surface area contributed by atoms with Gasteiger partial charge in [-0.3, -0.25) is 0 Å². The Bertz CT molecular complexity index is 484. The molecular formula is C18H25NO3. The summed E-state index contributed by atoms with van der Waals surface area (Å²) in [4.78, 5) is 14.0. The van der Waals surface area contributed by atoms with E-state index in [4.69, 9.17) is 4.74 Å². The Morgan fingerprint density at radius 3 is 2.41 bits per heavy atom. The van der Waals surface area contributed by atoms with Crippen LogP contribution in [0.5, 0.6) is 0 Å². The van der Waals surface area contributed by atoms with Crippen molar-refractivity contribution >= 4 is 6.09 Å². The molecule has 3 rings (SSSR count). The minimum atomic E-state index is -0.199. The highest BCUT2D eigenvalue weighted by atomic mass is 16.6. The van der Waals surface area contributed by atoms with Gasteiger partial charge in [-0.1, -0.05) is 30.3 Å². The zero-order valence-corrected chi connectivity index (χ0v) is 13.0. The molecule has 1 aliphatic carbocycles. The third-order valence-electron chi connectivity index (χ3n) is 5.30. The summed E-state index contributed by atoms with van der Waals surface area (Å²) in [5.41, 5.74) is 1.38. The van der Waals surface area contributed by atoms with Crippen LogP contribution >= 0.6 is 0 Å². The molecule has 0 aromatic heterocycles. The molecule has 4 heteroatoms. The average molecular weight is 303 g/mol. The summed E-state index contributed by atoms with van der Waals surface area (Å²) in [5, 5.41) is 9.66. The standard InChI is InChI=1S/C18H25NO3/c20-16-6-8-18(9-7-16)10-12-19(13-11-18)17(21)22-14-15-4-2-1-3-5-15/h1-5,16,20H,6-14H2. The molecule has 0 radical (unpaired) electrons. The molecule has 1 saturated heterocycles. The molecule has 22 heavy (non-hydrogen) atoms. The average Bonchev–Trinajstić information content (AvgIpc) is 2.57. The molecule has 1 N–H and O–H groups in total. The number of amides is 1. The van der Waals surface area contributed by atoms with Crippen molar-refractivity contribution in [2.24, 2.45) is 5.41 Å². The van der Waals surface area contributed by atoms with E-state index in [2.05, 4.69) is 0 Å². The second-order valence-corrected chi connectivity index (χ2v) is 6.76. The van der Waals surface area contributed by atoms with Crippen LogP contribution in [0, 0.1) is 5.41 Å². The van der Waals surface area contributed by atoms with E-state index in [0.717, 1.165) is 57.2 Å². The second kappa shape index (κ2) is 6.69. The van der Waals surface area contributed by atoms with E-state index in [1.54, 1.807) is 0 Å². The first-order chi connectivity index (χ1) is 10.7. The number of aliphatic hydroxyl groups is 1. The van der Waals surface area contributed by atoms with Crippen LogP contribution in [0.15, 0.2) is 30.3 Å². The van der Waals surface area contributed by atoms with Crippen molar-refractivity contribution in [3.05, 3.63) is 35.9 Å². The number of aliphatic hydroxyl groups excluding tert-OH is 1. The minimum Gasteiger partial charge on any atom is -0.445 e. The molecule has 4 nitrogen and oxygen atoms in total. The van der Waals surface area contributed by atoms with Crippen molar-refractivity contribution in [3.8, 4) is 0 Å². The van der Waals surface area contributed by atoms with Crippen LogP contribution in [-0.2, 0) is 11.3 Å². The Labute approximate surface area is 132 Å². The molecular weight excluding hydrogens is 278 g/mol. The first-order valence-electron chi connectivity index (χ1n) is 8.31. The summed E-state index contributed by atoms with van der Waals surface area (Å²) >= 11 is 0. The van der Waals surface area contributed by atoms with E-state index in [9.17, 15) is 9.90 Å². The van der Waals surface area contributed by atoms with Crippen molar-refractivity contribution in [1.82, 2.24) is 4.90 Å². The van der Waals surface area contributed by atoms with Gasteiger partial charge in [-0.25, -0.2) is 4.79 Å². The Balaban J connectivity index is 1.46. The van der Waals surface area contributed by atoms with E-state index >= 15 is 0 Å². The molecule has 120 valence electrons. The molecule has 1 spiro atoms. The highest BCUT2D eigenvalue weighted by Gasteiger charge is 2.38. The van der Waals surface area contributed by atoms with Crippen LogP contribution in [0.25, 0.3) is 0 Å². The number of benzene rings is 1. The van der Waals surface area contributed by atoms with Gasteiger partial charge in [0, 0.05) is 13.1 Å². The quantitative estimate of drug-likeness (QED) is 0.911. The Hall–Kier alpha value is -1.55. The zero-order chi connectivity index (χ0) is 15.4. The minimum absolute atomic E-state index is 0.112. The van der Waals surface area contributed by atoms with Crippen LogP contribution in [0.2, 0.25) is 0 Å². The maximum Gasteiger partial charge on any atom is 0.410 e. The molecule has 1 aromatic rings. The van der Waals surface area contributed by atoms with E-state index < -0.39 is 0 Å². The number of carbonyl (C=O) groups excluding carboxylic acids is 1. The summed E-state index contributed by atoms with van der Waals surface area (Å²) in [6.45, 7) is 1.90. The second-order valence-electron chi connectivity index (χ2n) is 6.76. The molecule has 1 aliphatic heterocycles. The molecule has 2 fully saturated rings. The Kier molecular flexibility index (Phi) is 4.67. The molecule has 1 aromatic carbocycles. The van der Waals surface area contributed by atoms with Crippen molar-refractivity contribution in [2.75, 3.05) is 13.1 Å². The number of likely N-dealkylation sites (tertiary alicyclic amines) is 1. The summed E-state index contributed by atoms with van der Waals surface area (Å²) in [7, 11) is 0. The number of carbonyl (C=O) groups is 1. The maximum absolute atomic E-state index is 12.2.